The summed E-state index contributed by atoms with van der Waals surface area (Å²) in [5.41, 5.74) is 4.09. The van der Waals surface area contributed by atoms with Crippen molar-refractivity contribution >= 4 is 12.7 Å². The van der Waals surface area contributed by atoms with Crippen molar-refractivity contribution in [1.29, 1.82) is 0 Å². The molecule has 0 amide bonds. The number of para-hydroxylation sites is 1. The van der Waals surface area contributed by atoms with Gasteiger partial charge in [-0.1, -0.05) is 61.5 Å². The molecule has 0 fully saturated rings. The summed E-state index contributed by atoms with van der Waals surface area (Å²) in [6.45, 7) is 1.97. The van der Waals surface area contributed by atoms with E-state index in [1.165, 1.54) is 0 Å². The van der Waals surface area contributed by atoms with Gasteiger partial charge in [0.05, 0.1) is 5.82 Å². The zero-order valence-corrected chi connectivity index (χ0v) is 12.8. The summed E-state index contributed by atoms with van der Waals surface area (Å²) in [6, 6.07) is 16.0. The molecule has 0 spiro atoms. The number of ether oxygens (including phenoxy) is 1. The Morgan fingerprint density at radius 3 is 2.30 bits per heavy atom. The summed E-state index contributed by atoms with van der Waals surface area (Å²) in [7, 11) is -1.46. The maximum atomic E-state index is 9.88. The molecule has 0 radical (unpaired) electrons. The van der Waals surface area contributed by atoms with Crippen LogP contribution in [0.3, 0.4) is 0 Å². The van der Waals surface area contributed by atoms with E-state index in [9.17, 15) is 10.0 Å². The molecular formula is C19H17BO3. The first-order valence-corrected chi connectivity index (χ1v) is 7.82. The Balaban J connectivity index is 2.01. The minimum Gasteiger partial charge on any atom is -0.461 e. The van der Waals surface area contributed by atoms with Crippen LogP contribution in [0.15, 0.2) is 66.4 Å². The Labute approximate surface area is 135 Å². The van der Waals surface area contributed by atoms with Gasteiger partial charge in [0.2, 0.25) is 0 Å². The first-order valence-electron chi connectivity index (χ1n) is 7.82. The number of fused-ring (bicyclic) bond motifs is 4. The summed E-state index contributed by atoms with van der Waals surface area (Å²) in [4.78, 5) is 0. The lowest BCUT2D eigenvalue weighted by Crippen LogP contribution is -2.30. The van der Waals surface area contributed by atoms with Gasteiger partial charge in [-0.3, -0.25) is 0 Å². The van der Waals surface area contributed by atoms with Gasteiger partial charge in [-0.15, -0.1) is 0 Å². The molecule has 114 valence electrons. The topological polar surface area (TPSA) is 49.7 Å². The standard InChI is InChI=1S/C19H17BO3/c1-12-10-11-16-14-7-3-2-6-13(14)15-8-4-5-9-17(15)23-19(16)18(12)20(21)22/h2-12,18,21-22H,1H3. The first-order chi connectivity index (χ1) is 11.2. The molecule has 0 saturated heterocycles. The quantitative estimate of drug-likeness (QED) is 0.793. The normalized spacial score (nSPS) is 21.7. The van der Waals surface area contributed by atoms with Gasteiger partial charge >= 0.3 is 7.12 Å². The van der Waals surface area contributed by atoms with Gasteiger partial charge in [-0.25, -0.2) is 0 Å². The smallest absolute Gasteiger partial charge is 0.461 e. The number of benzene rings is 2. The molecule has 3 nitrogen and oxygen atoms in total. The molecule has 0 bridgehead atoms. The highest BCUT2D eigenvalue weighted by Gasteiger charge is 2.38. The van der Waals surface area contributed by atoms with E-state index in [2.05, 4.69) is 12.1 Å². The van der Waals surface area contributed by atoms with Crippen molar-refractivity contribution in [2.45, 2.75) is 12.7 Å². The SMILES string of the molecule is CC1C=CC2=C(Oc3ccccc3-c3ccccc32)C1B(O)O. The molecule has 2 aromatic carbocycles. The zero-order valence-electron chi connectivity index (χ0n) is 12.8. The monoisotopic (exact) mass is 304 g/mol. The number of allylic oxidation sites excluding steroid dienone is 4. The van der Waals surface area contributed by atoms with Gasteiger partial charge < -0.3 is 14.8 Å². The van der Waals surface area contributed by atoms with Gasteiger partial charge in [0, 0.05) is 11.1 Å². The molecular weight excluding hydrogens is 287 g/mol. The van der Waals surface area contributed by atoms with Gasteiger partial charge in [-0.05, 0) is 23.1 Å². The lowest BCUT2D eigenvalue weighted by atomic mass is 9.62. The van der Waals surface area contributed by atoms with Gasteiger partial charge in [-0.2, -0.15) is 0 Å². The van der Waals surface area contributed by atoms with Crippen LogP contribution in [-0.4, -0.2) is 17.2 Å². The third kappa shape index (κ3) is 2.22. The van der Waals surface area contributed by atoms with Crippen LogP contribution in [0.4, 0.5) is 0 Å². The second-order valence-corrected chi connectivity index (χ2v) is 6.08. The van der Waals surface area contributed by atoms with Gasteiger partial charge in [0.25, 0.3) is 0 Å². The molecule has 4 rings (SSSR count). The summed E-state index contributed by atoms with van der Waals surface area (Å²) < 4.78 is 6.20. The van der Waals surface area contributed by atoms with Crippen LogP contribution in [0.25, 0.3) is 16.7 Å². The Hall–Kier alpha value is -2.30. The molecule has 0 aromatic heterocycles. The van der Waals surface area contributed by atoms with Gasteiger partial charge in [0.1, 0.15) is 11.5 Å². The molecule has 23 heavy (non-hydrogen) atoms. The van der Waals surface area contributed by atoms with E-state index in [0.717, 1.165) is 28.0 Å². The van der Waals surface area contributed by atoms with Crippen molar-refractivity contribution in [3.63, 3.8) is 0 Å². The van der Waals surface area contributed by atoms with Crippen LogP contribution in [0.5, 0.6) is 5.75 Å². The van der Waals surface area contributed by atoms with Crippen LogP contribution in [0.1, 0.15) is 12.5 Å². The summed E-state index contributed by atoms with van der Waals surface area (Å²) in [5, 5.41) is 19.8. The molecule has 1 aliphatic carbocycles. The predicted octanol–water partition coefficient (Wildman–Crippen LogP) is 3.51. The molecule has 1 heterocycles. The molecule has 2 atom stereocenters. The van der Waals surface area contributed by atoms with E-state index in [1.807, 2.05) is 55.5 Å². The van der Waals surface area contributed by atoms with Crippen molar-refractivity contribution < 1.29 is 14.8 Å². The molecule has 2 unspecified atom stereocenters. The van der Waals surface area contributed by atoms with Crippen LogP contribution < -0.4 is 4.74 Å². The molecule has 0 saturated carbocycles. The fraction of sp³-hybridized carbons (Fsp3) is 0.158. The predicted molar refractivity (Wildman–Crippen MR) is 91.7 cm³/mol. The van der Waals surface area contributed by atoms with Crippen molar-refractivity contribution in [2.75, 3.05) is 0 Å². The van der Waals surface area contributed by atoms with E-state index in [4.69, 9.17) is 4.74 Å². The van der Waals surface area contributed by atoms with E-state index >= 15 is 0 Å². The Morgan fingerprint density at radius 1 is 0.913 bits per heavy atom. The second kappa shape index (κ2) is 5.41. The second-order valence-electron chi connectivity index (χ2n) is 6.08. The van der Waals surface area contributed by atoms with E-state index < -0.39 is 12.9 Å². The highest BCUT2D eigenvalue weighted by Crippen LogP contribution is 2.47. The maximum absolute atomic E-state index is 9.88. The third-order valence-electron chi connectivity index (χ3n) is 4.64. The zero-order chi connectivity index (χ0) is 16.0. The minimum absolute atomic E-state index is 0.00817. The van der Waals surface area contributed by atoms with E-state index in [-0.39, 0.29) is 5.92 Å². The average molecular weight is 304 g/mol. The first kappa shape index (κ1) is 14.3. The van der Waals surface area contributed by atoms with Crippen LogP contribution in [0, 0.1) is 5.92 Å². The van der Waals surface area contributed by atoms with Crippen LogP contribution >= 0.6 is 0 Å². The number of hydrogen-bond acceptors (Lipinski definition) is 3. The summed E-state index contributed by atoms with van der Waals surface area (Å²) >= 11 is 0. The van der Waals surface area contributed by atoms with E-state index in [1.54, 1.807) is 0 Å². The van der Waals surface area contributed by atoms with Crippen LogP contribution in [0.2, 0.25) is 5.82 Å². The molecule has 2 aliphatic rings. The lowest BCUT2D eigenvalue weighted by Gasteiger charge is -2.28. The largest absolute Gasteiger partial charge is 0.463 e. The van der Waals surface area contributed by atoms with Crippen molar-refractivity contribution in [3.8, 4) is 16.9 Å². The number of hydrogen-bond donors (Lipinski definition) is 2. The molecule has 1 aliphatic heterocycles. The fourth-order valence-corrected chi connectivity index (χ4v) is 3.47. The Kier molecular flexibility index (Phi) is 3.36. The number of rotatable bonds is 1. The third-order valence-corrected chi connectivity index (χ3v) is 4.64. The van der Waals surface area contributed by atoms with Crippen molar-refractivity contribution in [2.24, 2.45) is 5.92 Å². The summed E-state index contributed by atoms with van der Waals surface area (Å²) in [6.07, 6.45) is 4.04. The Bertz CT molecular complexity index is 823. The average Bonchev–Trinajstić information content (AvgIpc) is 2.69. The van der Waals surface area contributed by atoms with E-state index in [0.29, 0.717) is 5.76 Å². The summed E-state index contributed by atoms with van der Waals surface area (Å²) in [5.74, 6) is 0.894. The minimum atomic E-state index is -1.46. The fourth-order valence-electron chi connectivity index (χ4n) is 3.47. The van der Waals surface area contributed by atoms with Crippen LogP contribution in [-0.2, 0) is 0 Å². The van der Waals surface area contributed by atoms with Crippen molar-refractivity contribution in [1.82, 2.24) is 0 Å². The molecule has 4 heteroatoms. The highest BCUT2D eigenvalue weighted by molar-refractivity contribution is 6.44. The highest BCUT2D eigenvalue weighted by atomic mass is 16.5. The Morgan fingerprint density at radius 2 is 1.57 bits per heavy atom. The molecule has 2 N–H and O–H groups in total. The molecule has 2 aromatic rings. The van der Waals surface area contributed by atoms with Gasteiger partial charge in [0.15, 0.2) is 0 Å². The lowest BCUT2D eigenvalue weighted by molar-refractivity contribution is 0.329. The van der Waals surface area contributed by atoms with Crippen molar-refractivity contribution in [3.05, 3.63) is 72.0 Å². The maximum Gasteiger partial charge on any atom is 0.463 e.